The van der Waals surface area contributed by atoms with Gasteiger partial charge in [0.1, 0.15) is 16.9 Å². The minimum atomic E-state index is -0.798. The quantitative estimate of drug-likeness (QED) is 0.642. The Balaban J connectivity index is 1.94. The Morgan fingerprint density at radius 2 is 1.81 bits per heavy atom. The zero-order chi connectivity index (χ0) is 19.7. The molecule has 3 rings (SSSR count). The lowest BCUT2D eigenvalue weighted by atomic mass is 10.0. The summed E-state index contributed by atoms with van der Waals surface area (Å²) in [5, 5.41) is 13.9. The summed E-state index contributed by atoms with van der Waals surface area (Å²) >= 11 is 0. The third-order valence-corrected chi connectivity index (χ3v) is 4.81. The summed E-state index contributed by atoms with van der Waals surface area (Å²) in [6.45, 7) is 5.84. The molecule has 0 bridgehead atoms. The minimum absolute atomic E-state index is 0.0543. The average molecular weight is 373 g/mol. The summed E-state index contributed by atoms with van der Waals surface area (Å²) in [6.07, 6.45) is -0.917. The number of aryl methyl sites for hydroxylation is 3. The first kappa shape index (κ1) is 19.1. The number of furan rings is 1. The molecule has 0 saturated carbocycles. The third kappa shape index (κ3) is 3.74. The van der Waals surface area contributed by atoms with Crippen LogP contribution in [-0.4, -0.2) is 37.4 Å². The molecule has 0 aliphatic heterocycles. The van der Waals surface area contributed by atoms with Gasteiger partial charge >= 0.3 is 5.63 Å². The fraction of sp³-hybridized carbons (Fsp3) is 0.400. The summed E-state index contributed by atoms with van der Waals surface area (Å²) in [5.74, 6) is 0.450. The predicted octanol–water partition coefficient (Wildman–Crippen LogP) is 2.13. The number of aliphatic hydroxyl groups is 1. The average Bonchev–Trinajstić information content (AvgIpc) is 2.89. The zero-order valence-electron chi connectivity index (χ0n) is 15.8. The lowest BCUT2D eigenvalue weighted by molar-refractivity contribution is -0.121. The highest BCUT2D eigenvalue weighted by atomic mass is 16.5. The molecule has 1 amide bonds. The Bertz CT molecular complexity index is 1060. The molecule has 7 heteroatoms. The monoisotopic (exact) mass is 373 g/mol. The first-order chi connectivity index (χ1) is 12.8. The summed E-state index contributed by atoms with van der Waals surface area (Å²) in [7, 11) is 1.47. The molecule has 2 heterocycles. The van der Waals surface area contributed by atoms with Crippen LogP contribution in [0, 0.1) is 20.8 Å². The highest BCUT2D eigenvalue weighted by Gasteiger charge is 2.18. The largest absolute Gasteiger partial charge is 0.461 e. The van der Waals surface area contributed by atoms with Crippen LogP contribution in [0.1, 0.15) is 22.5 Å². The van der Waals surface area contributed by atoms with Crippen molar-refractivity contribution < 1.29 is 23.5 Å². The molecule has 0 radical (unpaired) electrons. The number of amides is 1. The van der Waals surface area contributed by atoms with Gasteiger partial charge in [0.15, 0.2) is 0 Å². The first-order valence-electron chi connectivity index (χ1n) is 8.71. The van der Waals surface area contributed by atoms with Crippen molar-refractivity contribution in [1.82, 2.24) is 5.32 Å². The molecule has 0 aliphatic carbocycles. The summed E-state index contributed by atoms with van der Waals surface area (Å²) in [5.41, 5.74) is 2.58. The summed E-state index contributed by atoms with van der Waals surface area (Å²) < 4.78 is 15.9. The number of carbonyl (C=O) groups excluding carboxylic acids is 1. The van der Waals surface area contributed by atoms with Crippen LogP contribution in [0.15, 0.2) is 25.8 Å². The lowest BCUT2D eigenvalue weighted by Crippen LogP contribution is -2.36. The SMILES string of the molecule is COCC(O)CNC(=O)Cc1c(C)c2cc3c(C)c(C)oc3cc2oc1=O. The first-order valence-corrected chi connectivity index (χ1v) is 8.71. The van der Waals surface area contributed by atoms with E-state index in [1.165, 1.54) is 7.11 Å². The van der Waals surface area contributed by atoms with Crippen molar-refractivity contribution in [1.29, 1.82) is 0 Å². The van der Waals surface area contributed by atoms with Gasteiger partial charge < -0.3 is 24.0 Å². The second-order valence-electron chi connectivity index (χ2n) is 6.71. The van der Waals surface area contributed by atoms with Crippen LogP contribution >= 0.6 is 0 Å². The molecule has 2 N–H and O–H groups in total. The Morgan fingerprint density at radius 1 is 1.15 bits per heavy atom. The van der Waals surface area contributed by atoms with Gasteiger partial charge in [-0.2, -0.15) is 0 Å². The molecule has 0 spiro atoms. The molecule has 0 saturated heterocycles. The topological polar surface area (TPSA) is 102 Å². The van der Waals surface area contributed by atoms with Crippen molar-refractivity contribution >= 4 is 27.8 Å². The number of aliphatic hydroxyl groups excluding tert-OH is 1. The number of nitrogens with one attached hydrogen (secondary N) is 1. The number of hydrogen-bond acceptors (Lipinski definition) is 6. The zero-order valence-corrected chi connectivity index (χ0v) is 15.8. The van der Waals surface area contributed by atoms with E-state index in [1.54, 1.807) is 13.0 Å². The van der Waals surface area contributed by atoms with Crippen molar-refractivity contribution in [3.8, 4) is 0 Å². The van der Waals surface area contributed by atoms with Gasteiger partial charge in [-0.1, -0.05) is 0 Å². The van der Waals surface area contributed by atoms with Gasteiger partial charge in [0.25, 0.3) is 0 Å². The van der Waals surface area contributed by atoms with Crippen molar-refractivity contribution in [2.45, 2.75) is 33.3 Å². The van der Waals surface area contributed by atoms with Crippen LogP contribution in [0.4, 0.5) is 0 Å². The van der Waals surface area contributed by atoms with E-state index in [4.69, 9.17) is 13.6 Å². The number of benzene rings is 1. The van der Waals surface area contributed by atoms with E-state index in [1.807, 2.05) is 19.9 Å². The van der Waals surface area contributed by atoms with Gasteiger partial charge in [-0.15, -0.1) is 0 Å². The lowest BCUT2D eigenvalue weighted by Gasteiger charge is -2.11. The number of fused-ring (bicyclic) bond motifs is 2. The van der Waals surface area contributed by atoms with Crippen LogP contribution in [0.25, 0.3) is 21.9 Å². The fourth-order valence-electron chi connectivity index (χ4n) is 3.14. The van der Waals surface area contributed by atoms with E-state index in [-0.39, 0.29) is 25.5 Å². The molecular weight excluding hydrogens is 350 g/mol. The molecule has 3 aromatic rings. The van der Waals surface area contributed by atoms with Crippen LogP contribution < -0.4 is 10.9 Å². The van der Waals surface area contributed by atoms with Crippen LogP contribution in [-0.2, 0) is 16.0 Å². The molecule has 1 atom stereocenters. The molecule has 144 valence electrons. The normalized spacial score (nSPS) is 12.6. The Morgan fingerprint density at radius 3 is 2.52 bits per heavy atom. The number of ether oxygens (including phenoxy) is 1. The molecule has 7 nitrogen and oxygen atoms in total. The van der Waals surface area contributed by atoms with E-state index in [9.17, 15) is 14.7 Å². The molecule has 0 aliphatic rings. The van der Waals surface area contributed by atoms with Crippen LogP contribution in [0.2, 0.25) is 0 Å². The van der Waals surface area contributed by atoms with Gasteiger partial charge in [0.2, 0.25) is 5.91 Å². The highest BCUT2D eigenvalue weighted by molar-refractivity contribution is 5.97. The van der Waals surface area contributed by atoms with Gasteiger partial charge in [-0.3, -0.25) is 4.79 Å². The van der Waals surface area contributed by atoms with E-state index < -0.39 is 11.7 Å². The van der Waals surface area contributed by atoms with E-state index >= 15 is 0 Å². The number of hydrogen-bond donors (Lipinski definition) is 2. The molecular formula is C20H23NO6. The molecule has 27 heavy (non-hydrogen) atoms. The Hall–Kier alpha value is -2.64. The van der Waals surface area contributed by atoms with Gasteiger partial charge in [0, 0.05) is 30.5 Å². The predicted molar refractivity (Wildman–Crippen MR) is 101 cm³/mol. The molecule has 1 unspecified atom stereocenters. The highest BCUT2D eigenvalue weighted by Crippen LogP contribution is 2.30. The summed E-state index contributed by atoms with van der Waals surface area (Å²) in [4.78, 5) is 24.6. The smallest absolute Gasteiger partial charge is 0.340 e. The van der Waals surface area contributed by atoms with E-state index in [0.29, 0.717) is 22.3 Å². The van der Waals surface area contributed by atoms with Gasteiger partial charge in [0.05, 0.1) is 24.7 Å². The number of rotatable bonds is 6. The minimum Gasteiger partial charge on any atom is -0.461 e. The molecule has 0 fully saturated rings. The van der Waals surface area contributed by atoms with E-state index in [2.05, 4.69) is 5.32 Å². The maximum atomic E-state index is 12.4. The van der Waals surface area contributed by atoms with Gasteiger partial charge in [-0.25, -0.2) is 4.79 Å². The van der Waals surface area contributed by atoms with Gasteiger partial charge in [-0.05, 0) is 38.0 Å². The maximum absolute atomic E-state index is 12.4. The van der Waals surface area contributed by atoms with Crippen molar-refractivity contribution in [3.05, 3.63) is 45.0 Å². The maximum Gasteiger partial charge on any atom is 0.340 e. The summed E-state index contributed by atoms with van der Waals surface area (Å²) in [6, 6.07) is 3.64. The van der Waals surface area contributed by atoms with Crippen LogP contribution in [0.3, 0.4) is 0 Å². The van der Waals surface area contributed by atoms with Crippen molar-refractivity contribution in [2.75, 3.05) is 20.3 Å². The standard InChI is InChI=1S/C20H23NO6/c1-10-12(3)26-17-7-18-15(5-14(10)17)11(2)16(20(24)27-18)6-19(23)21-8-13(22)9-25-4/h5,7,13,22H,6,8-9H2,1-4H3,(H,21,23). The third-order valence-electron chi connectivity index (χ3n) is 4.81. The Labute approximate surface area is 155 Å². The van der Waals surface area contributed by atoms with Crippen LogP contribution in [0.5, 0.6) is 0 Å². The second kappa shape index (κ2) is 7.54. The number of methoxy groups -OCH3 is 1. The Kier molecular flexibility index (Phi) is 5.34. The van der Waals surface area contributed by atoms with E-state index in [0.717, 1.165) is 22.1 Å². The van der Waals surface area contributed by atoms with Crippen molar-refractivity contribution in [2.24, 2.45) is 0 Å². The molecule has 2 aromatic heterocycles. The fourth-order valence-corrected chi connectivity index (χ4v) is 3.14. The molecule has 1 aromatic carbocycles. The number of carbonyl (C=O) groups is 1. The second-order valence-corrected chi connectivity index (χ2v) is 6.71. The van der Waals surface area contributed by atoms with Crippen molar-refractivity contribution in [3.63, 3.8) is 0 Å².